The van der Waals surface area contributed by atoms with E-state index in [9.17, 15) is 22.4 Å². The minimum Gasteiger partial charge on any atom is -0.428 e. The maximum atomic E-state index is 12.6. The topological polar surface area (TPSA) is 50.4 Å². The van der Waals surface area contributed by atoms with Gasteiger partial charge in [-0.25, -0.2) is 4.79 Å². The number of ether oxygens (including phenoxy) is 1. The summed E-state index contributed by atoms with van der Waals surface area (Å²) in [6, 6.07) is 4.18. The average Bonchev–Trinajstić information content (AvgIpc) is 2.28. The standard InChI is InChI=1S/C10H10F4N2O2/c1-15-9(17)16-6-3-2-4-7(5-6)18-10(13,14)8(11)12/h2-5,8H,1H3,(H2,15,16,17). The Balaban J connectivity index is 2.79. The molecule has 0 saturated carbocycles. The molecule has 1 aromatic carbocycles. The lowest BCUT2D eigenvalue weighted by Gasteiger charge is -2.17. The van der Waals surface area contributed by atoms with Gasteiger partial charge < -0.3 is 15.4 Å². The third kappa shape index (κ3) is 3.79. The summed E-state index contributed by atoms with van der Waals surface area (Å²) >= 11 is 0. The van der Waals surface area contributed by atoms with Crippen LogP contribution >= 0.6 is 0 Å². The van der Waals surface area contributed by atoms with E-state index in [1.165, 1.54) is 19.2 Å². The second-order valence-electron chi connectivity index (χ2n) is 3.20. The molecule has 0 spiro atoms. The number of carbonyl (C=O) groups is 1. The van der Waals surface area contributed by atoms with Crippen molar-refractivity contribution in [2.75, 3.05) is 12.4 Å². The van der Waals surface area contributed by atoms with Crippen molar-refractivity contribution in [1.82, 2.24) is 5.32 Å². The van der Waals surface area contributed by atoms with Crippen LogP contribution in [0.3, 0.4) is 0 Å². The van der Waals surface area contributed by atoms with Crippen molar-refractivity contribution in [2.24, 2.45) is 0 Å². The van der Waals surface area contributed by atoms with E-state index in [-0.39, 0.29) is 5.69 Å². The number of alkyl halides is 4. The van der Waals surface area contributed by atoms with Crippen LogP contribution in [-0.4, -0.2) is 25.6 Å². The molecule has 0 atom stereocenters. The van der Waals surface area contributed by atoms with E-state index in [4.69, 9.17) is 0 Å². The van der Waals surface area contributed by atoms with Gasteiger partial charge in [0.2, 0.25) is 0 Å². The number of urea groups is 1. The van der Waals surface area contributed by atoms with Gasteiger partial charge in [0.05, 0.1) is 0 Å². The van der Waals surface area contributed by atoms with Gasteiger partial charge in [0.15, 0.2) is 0 Å². The van der Waals surface area contributed by atoms with Gasteiger partial charge in [0.1, 0.15) is 5.75 Å². The fraction of sp³-hybridized carbons (Fsp3) is 0.300. The molecule has 8 heteroatoms. The molecule has 0 fully saturated rings. The number of anilines is 1. The van der Waals surface area contributed by atoms with Crippen LogP contribution in [0, 0.1) is 0 Å². The fourth-order valence-electron chi connectivity index (χ4n) is 1.03. The van der Waals surface area contributed by atoms with Gasteiger partial charge in [-0.05, 0) is 12.1 Å². The van der Waals surface area contributed by atoms with E-state index in [0.717, 1.165) is 12.1 Å². The van der Waals surface area contributed by atoms with Gasteiger partial charge in [0.25, 0.3) is 0 Å². The van der Waals surface area contributed by atoms with Crippen LogP contribution in [-0.2, 0) is 0 Å². The summed E-state index contributed by atoms with van der Waals surface area (Å²) < 4.78 is 52.9. The third-order valence-electron chi connectivity index (χ3n) is 1.83. The monoisotopic (exact) mass is 266 g/mol. The summed E-state index contributed by atoms with van der Waals surface area (Å²) in [7, 11) is 1.36. The summed E-state index contributed by atoms with van der Waals surface area (Å²) in [5.41, 5.74) is 0.136. The maximum absolute atomic E-state index is 12.6. The maximum Gasteiger partial charge on any atom is 0.461 e. The molecule has 0 bridgehead atoms. The molecule has 0 aliphatic heterocycles. The minimum absolute atomic E-state index is 0.136. The first-order valence-electron chi connectivity index (χ1n) is 4.79. The first-order chi connectivity index (χ1) is 8.35. The molecule has 1 rings (SSSR count). The third-order valence-corrected chi connectivity index (χ3v) is 1.83. The van der Waals surface area contributed by atoms with Crippen molar-refractivity contribution in [3.8, 4) is 5.75 Å². The molecular weight excluding hydrogens is 256 g/mol. The summed E-state index contributed by atoms with van der Waals surface area (Å²) in [5.74, 6) is -0.478. The number of benzene rings is 1. The zero-order chi connectivity index (χ0) is 13.8. The van der Waals surface area contributed by atoms with Crippen molar-refractivity contribution in [3.05, 3.63) is 24.3 Å². The van der Waals surface area contributed by atoms with E-state index in [1.807, 2.05) is 0 Å². The quantitative estimate of drug-likeness (QED) is 0.823. The summed E-state index contributed by atoms with van der Waals surface area (Å²) in [6.07, 6.45) is -8.51. The average molecular weight is 266 g/mol. The number of carbonyl (C=O) groups excluding carboxylic acids is 1. The molecule has 0 heterocycles. The Morgan fingerprint density at radius 2 is 2.06 bits per heavy atom. The van der Waals surface area contributed by atoms with Crippen LogP contribution in [0.4, 0.5) is 28.0 Å². The molecule has 0 radical (unpaired) electrons. The van der Waals surface area contributed by atoms with Crippen molar-refractivity contribution in [2.45, 2.75) is 12.5 Å². The largest absolute Gasteiger partial charge is 0.461 e. The van der Waals surface area contributed by atoms with Crippen LogP contribution in [0.2, 0.25) is 0 Å². The lowest BCUT2D eigenvalue weighted by atomic mass is 10.3. The number of hydrogen-bond acceptors (Lipinski definition) is 2. The predicted molar refractivity (Wildman–Crippen MR) is 56.1 cm³/mol. The second-order valence-corrected chi connectivity index (χ2v) is 3.20. The molecule has 18 heavy (non-hydrogen) atoms. The van der Waals surface area contributed by atoms with Crippen LogP contribution in [0.25, 0.3) is 0 Å². The molecule has 0 aliphatic rings. The Bertz CT molecular complexity index is 426. The van der Waals surface area contributed by atoms with E-state index in [1.54, 1.807) is 0 Å². The first-order valence-corrected chi connectivity index (χ1v) is 4.79. The van der Waals surface area contributed by atoms with Crippen molar-refractivity contribution in [1.29, 1.82) is 0 Å². The van der Waals surface area contributed by atoms with E-state index >= 15 is 0 Å². The molecular formula is C10H10F4N2O2. The highest BCUT2D eigenvalue weighted by molar-refractivity contribution is 5.89. The Morgan fingerprint density at radius 3 is 2.61 bits per heavy atom. The van der Waals surface area contributed by atoms with Gasteiger partial charge in [-0.15, -0.1) is 0 Å². The van der Waals surface area contributed by atoms with Crippen LogP contribution in [0.1, 0.15) is 0 Å². The Labute approximate surface area is 99.9 Å². The smallest absolute Gasteiger partial charge is 0.428 e. The highest BCUT2D eigenvalue weighted by Gasteiger charge is 2.43. The molecule has 4 nitrogen and oxygen atoms in total. The predicted octanol–water partition coefficient (Wildman–Crippen LogP) is 2.67. The van der Waals surface area contributed by atoms with Crippen molar-refractivity contribution in [3.63, 3.8) is 0 Å². The van der Waals surface area contributed by atoms with E-state index < -0.39 is 24.3 Å². The fourth-order valence-corrected chi connectivity index (χ4v) is 1.03. The van der Waals surface area contributed by atoms with Gasteiger partial charge in [-0.2, -0.15) is 17.6 Å². The van der Waals surface area contributed by atoms with E-state index in [0.29, 0.717) is 0 Å². The first kappa shape index (κ1) is 14.1. The van der Waals surface area contributed by atoms with Gasteiger partial charge in [0, 0.05) is 18.8 Å². The highest BCUT2D eigenvalue weighted by atomic mass is 19.3. The molecule has 1 aromatic rings. The molecule has 0 unspecified atom stereocenters. The summed E-state index contributed by atoms with van der Waals surface area (Å²) in [5, 5.41) is 4.52. The lowest BCUT2D eigenvalue weighted by molar-refractivity contribution is -0.253. The number of hydrogen-bond donors (Lipinski definition) is 2. The van der Waals surface area contributed by atoms with E-state index in [2.05, 4.69) is 15.4 Å². The Kier molecular flexibility index (Phi) is 4.35. The van der Waals surface area contributed by atoms with Crippen molar-refractivity contribution >= 4 is 11.7 Å². The number of nitrogens with one attached hydrogen (secondary N) is 2. The Morgan fingerprint density at radius 1 is 1.39 bits per heavy atom. The number of halogens is 4. The van der Waals surface area contributed by atoms with Crippen molar-refractivity contribution < 1.29 is 27.1 Å². The molecule has 0 aliphatic carbocycles. The Hall–Kier alpha value is -1.99. The van der Waals surface area contributed by atoms with Gasteiger partial charge in [-0.3, -0.25) is 0 Å². The van der Waals surface area contributed by atoms with Crippen LogP contribution < -0.4 is 15.4 Å². The SMILES string of the molecule is CNC(=O)Nc1cccc(OC(F)(F)C(F)F)c1. The molecule has 0 saturated heterocycles. The van der Waals surface area contributed by atoms with Crippen LogP contribution in [0.15, 0.2) is 24.3 Å². The highest BCUT2D eigenvalue weighted by Crippen LogP contribution is 2.28. The number of amides is 2. The van der Waals surface area contributed by atoms with Crippen LogP contribution in [0.5, 0.6) is 5.75 Å². The van der Waals surface area contributed by atoms with Gasteiger partial charge >= 0.3 is 18.6 Å². The summed E-state index contributed by atoms with van der Waals surface area (Å²) in [6.45, 7) is 0. The van der Waals surface area contributed by atoms with Gasteiger partial charge in [-0.1, -0.05) is 6.07 Å². The lowest BCUT2D eigenvalue weighted by Crippen LogP contribution is -2.33. The zero-order valence-corrected chi connectivity index (χ0v) is 9.22. The zero-order valence-electron chi connectivity index (χ0n) is 9.22. The molecule has 100 valence electrons. The minimum atomic E-state index is -4.58. The molecule has 2 amide bonds. The normalized spacial score (nSPS) is 11.2. The summed E-state index contributed by atoms with van der Waals surface area (Å²) in [4.78, 5) is 11.0. The molecule has 2 N–H and O–H groups in total. The molecule has 0 aromatic heterocycles. The second kappa shape index (κ2) is 5.56. The number of rotatable bonds is 4.